The first-order chi connectivity index (χ1) is 17.3. The normalized spacial score (nSPS) is 14.0. The van der Waals surface area contributed by atoms with Crippen LogP contribution in [0, 0.1) is 0 Å². The van der Waals surface area contributed by atoms with Crippen LogP contribution in [0.5, 0.6) is 11.6 Å². The minimum atomic E-state index is -4.79. The van der Waals surface area contributed by atoms with Crippen LogP contribution in [0.3, 0.4) is 0 Å². The van der Waals surface area contributed by atoms with Crippen molar-refractivity contribution in [3.05, 3.63) is 76.6 Å². The van der Waals surface area contributed by atoms with Crippen molar-refractivity contribution in [2.24, 2.45) is 7.05 Å². The van der Waals surface area contributed by atoms with Gasteiger partial charge in [0.05, 0.1) is 35.9 Å². The highest BCUT2D eigenvalue weighted by molar-refractivity contribution is 6.37. The van der Waals surface area contributed by atoms with Gasteiger partial charge in [-0.05, 0) is 35.4 Å². The van der Waals surface area contributed by atoms with Crippen LogP contribution in [-0.2, 0) is 18.8 Å². The molecule has 0 bridgehead atoms. The fourth-order valence-electron chi connectivity index (χ4n) is 3.81. The molecule has 196 valence electrons. The van der Waals surface area contributed by atoms with Gasteiger partial charge in [-0.3, -0.25) is 4.98 Å². The van der Waals surface area contributed by atoms with E-state index in [4.69, 9.17) is 21.1 Å². The molecule has 3 aromatic heterocycles. The summed E-state index contributed by atoms with van der Waals surface area (Å²) in [5, 5.41) is 11.7. The maximum Gasteiger partial charge on any atom is 0.433 e. The second kappa shape index (κ2) is 9.38. The number of aliphatic hydroxyl groups is 1. The van der Waals surface area contributed by atoms with Gasteiger partial charge in [0.25, 0.3) is 5.88 Å². The molecule has 1 N–H and O–H groups in total. The number of methoxy groups -OCH3 is 1. The lowest BCUT2D eigenvalue weighted by Gasteiger charge is -2.30. The first-order valence-electron chi connectivity index (χ1n) is 10.4. The average molecular weight is 547 g/mol. The number of rotatable bonds is 6. The number of pyridine rings is 2. The Hall–Kier alpha value is -3.58. The van der Waals surface area contributed by atoms with Crippen molar-refractivity contribution in [1.82, 2.24) is 19.5 Å². The lowest BCUT2D eigenvalue weighted by atomic mass is 9.83. The number of aryl methyl sites for hydroxylation is 1. The molecule has 0 fully saturated rings. The zero-order chi connectivity index (χ0) is 27.2. The minimum Gasteiger partial charge on any atom is -0.478 e. The zero-order valence-corrected chi connectivity index (χ0v) is 19.8. The van der Waals surface area contributed by atoms with Gasteiger partial charge in [-0.15, -0.1) is 0 Å². The van der Waals surface area contributed by atoms with Crippen LogP contribution in [0.15, 0.2) is 49.1 Å². The fraction of sp³-hybridized carbons (Fsp3) is 0.261. The monoisotopic (exact) mass is 546 g/mol. The van der Waals surface area contributed by atoms with Crippen molar-refractivity contribution in [2.75, 3.05) is 13.7 Å². The summed E-state index contributed by atoms with van der Waals surface area (Å²) in [7, 11) is 2.70. The highest BCUT2D eigenvalue weighted by Crippen LogP contribution is 2.43. The van der Waals surface area contributed by atoms with E-state index in [2.05, 4.69) is 15.0 Å². The Morgan fingerprint density at radius 3 is 2.35 bits per heavy atom. The summed E-state index contributed by atoms with van der Waals surface area (Å²) in [6.45, 7) is -1.67. The summed E-state index contributed by atoms with van der Waals surface area (Å²) < 4.78 is 89.9. The number of hydrogen-bond acceptors (Lipinski definition) is 6. The van der Waals surface area contributed by atoms with E-state index in [1.165, 1.54) is 55.5 Å². The molecule has 14 heteroatoms. The number of imidazole rings is 1. The lowest BCUT2D eigenvalue weighted by molar-refractivity contribution is -0.153. The molecule has 3 heterocycles. The van der Waals surface area contributed by atoms with E-state index in [1.54, 1.807) is 0 Å². The van der Waals surface area contributed by atoms with Gasteiger partial charge in [-0.25, -0.2) is 9.97 Å². The Morgan fingerprint density at radius 2 is 1.76 bits per heavy atom. The number of aromatic nitrogens is 4. The summed E-state index contributed by atoms with van der Waals surface area (Å²) in [5.41, 5.74) is -3.35. The van der Waals surface area contributed by atoms with Crippen LogP contribution < -0.4 is 9.47 Å². The standard InChI is InChI=1S/C23H17ClF6N4O3/c1-34-11-31-9-17(34)22(35,13-5-6-32-16(8-13)23(28,29)30)12-3-4-15-14(7-12)18(24)19(20(33-15)36-2)37-10-21(25,26)27/h3-9,11,35H,10H2,1-2H3. The Kier molecular flexibility index (Phi) is 6.71. The van der Waals surface area contributed by atoms with Gasteiger partial charge >= 0.3 is 12.4 Å². The Bertz CT molecular complexity index is 1460. The van der Waals surface area contributed by atoms with Crippen LogP contribution in [0.4, 0.5) is 26.3 Å². The number of fused-ring (bicyclic) bond motifs is 1. The predicted molar refractivity (Wildman–Crippen MR) is 119 cm³/mol. The third kappa shape index (κ3) is 5.01. The van der Waals surface area contributed by atoms with Crippen LogP contribution in [0.1, 0.15) is 22.5 Å². The maximum atomic E-state index is 13.4. The smallest absolute Gasteiger partial charge is 0.433 e. The summed E-state index contributed by atoms with van der Waals surface area (Å²) in [6.07, 6.45) is -5.95. The molecule has 0 aliphatic heterocycles. The number of alkyl halides is 6. The van der Waals surface area contributed by atoms with Crippen molar-refractivity contribution in [3.8, 4) is 11.6 Å². The van der Waals surface area contributed by atoms with Crippen molar-refractivity contribution in [2.45, 2.75) is 18.0 Å². The van der Waals surface area contributed by atoms with E-state index < -0.39 is 36.0 Å². The molecule has 1 unspecified atom stereocenters. The van der Waals surface area contributed by atoms with Crippen LogP contribution in [0.25, 0.3) is 10.9 Å². The highest BCUT2D eigenvalue weighted by Gasteiger charge is 2.40. The fourth-order valence-corrected chi connectivity index (χ4v) is 4.09. The third-order valence-electron chi connectivity index (χ3n) is 5.50. The molecule has 7 nitrogen and oxygen atoms in total. The number of halogens is 7. The summed E-state index contributed by atoms with van der Waals surface area (Å²) in [5.74, 6) is -0.793. The van der Waals surface area contributed by atoms with Gasteiger partial charge in [0.15, 0.2) is 12.2 Å². The predicted octanol–water partition coefficient (Wildman–Crippen LogP) is 5.27. The maximum absolute atomic E-state index is 13.4. The molecule has 4 rings (SSSR count). The molecular weight excluding hydrogens is 530 g/mol. The van der Waals surface area contributed by atoms with Crippen molar-refractivity contribution in [3.63, 3.8) is 0 Å². The molecule has 0 aliphatic rings. The average Bonchev–Trinajstić information content (AvgIpc) is 3.27. The van der Waals surface area contributed by atoms with Gasteiger partial charge in [0.1, 0.15) is 5.69 Å². The van der Waals surface area contributed by atoms with Crippen LogP contribution in [0.2, 0.25) is 5.02 Å². The Morgan fingerprint density at radius 1 is 1.05 bits per heavy atom. The van der Waals surface area contributed by atoms with E-state index in [-0.39, 0.29) is 38.6 Å². The van der Waals surface area contributed by atoms with Crippen molar-refractivity contribution in [1.29, 1.82) is 0 Å². The largest absolute Gasteiger partial charge is 0.478 e. The van der Waals surface area contributed by atoms with E-state index in [9.17, 15) is 31.4 Å². The number of hydrogen-bond donors (Lipinski definition) is 1. The number of benzene rings is 1. The Balaban J connectivity index is 1.96. The molecule has 0 amide bonds. The van der Waals surface area contributed by atoms with Gasteiger partial charge in [-0.2, -0.15) is 26.3 Å². The third-order valence-corrected chi connectivity index (χ3v) is 5.87. The molecule has 0 saturated heterocycles. The van der Waals surface area contributed by atoms with Crippen LogP contribution >= 0.6 is 11.6 Å². The topological polar surface area (TPSA) is 82.3 Å². The van der Waals surface area contributed by atoms with Crippen molar-refractivity contribution < 1.29 is 40.9 Å². The molecule has 1 aromatic carbocycles. The van der Waals surface area contributed by atoms with E-state index >= 15 is 0 Å². The number of nitrogens with zero attached hydrogens (tertiary/aromatic N) is 4. The van der Waals surface area contributed by atoms with Crippen LogP contribution in [-0.4, -0.2) is 44.5 Å². The van der Waals surface area contributed by atoms with Crippen molar-refractivity contribution >= 4 is 22.5 Å². The van der Waals surface area contributed by atoms with Gasteiger partial charge in [-0.1, -0.05) is 17.7 Å². The molecule has 0 radical (unpaired) electrons. The molecule has 0 saturated carbocycles. The lowest BCUT2D eigenvalue weighted by Crippen LogP contribution is -2.31. The Labute approximate surface area is 210 Å². The first kappa shape index (κ1) is 26.5. The van der Waals surface area contributed by atoms with E-state index in [0.717, 1.165) is 6.20 Å². The van der Waals surface area contributed by atoms with Gasteiger partial charge < -0.3 is 19.1 Å². The summed E-state index contributed by atoms with van der Waals surface area (Å²) in [4.78, 5) is 11.4. The number of ether oxygens (including phenoxy) is 2. The zero-order valence-electron chi connectivity index (χ0n) is 19.0. The highest BCUT2D eigenvalue weighted by atomic mass is 35.5. The molecule has 0 aliphatic carbocycles. The van der Waals surface area contributed by atoms with Gasteiger partial charge in [0, 0.05) is 18.6 Å². The molecule has 37 heavy (non-hydrogen) atoms. The van der Waals surface area contributed by atoms with E-state index in [1.807, 2.05) is 0 Å². The second-order valence-electron chi connectivity index (χ2n) is 7.93. The minimum absolute atomic E-state index is 0.0264. The molecule has 4 aromatic rings. The van der Waals surface area contributed by atoms with E-state index in [0.29, 0.717) is 6.07 Å². The second-order valence-corrected chi connectivity index (χ2v) is 8.31. The SMILES string of the molecule is COc1nc2ccc(C(O)(c3ccnc(C(F)(F)F)c3)c3cncn3C)cc2c(Cl)c1OCC(F)(F)F. The summed E-state index contributed by atoms with van der Waals surface area (Å²) in [6, 6.07) is 5.98. The molecule has 0 spiro atoms. The first-order valence-corrected chi connectivity index (χ1v) is 10.7. The molecule has 1 atom stereocenters. The quantitative estimate of drug-likeness (QED) is 0.332. The summed E-state index contributed by atoms with van der Waals surface area (Å²) >= 11 is 6.39. The van der Waals surface area contributed by atoms with Gasteiger partial charge in [0.2, 0.25) is 5.75 Å². The molecular formula is C23H17ClF6N4O3.